The van der Waals surface area contributed by atoms with Gasteiger partial charge in [0, 0.05) is 17.7 Å². The number of halogens is 1. The van der Waals surface area contributed by atoms with Gasteiger partial charge in [0.25, 0.3) is 5.91 Å². The molecule has 0 radical (unpaired) electrons. The van der Waals surface area contributed by atoms with E-state index in [1.807, 2.05) is 48.5 Å². The van der Waals surface area contributed by atoms with E-state index in [-0.39, 0.29) is 17.8 Å². The molecule has 0 bridgehead atoms. The highest BCUT2D eigenvalue weighted by Gasteiger charge is 2.13. The Labute approximate surface area is 178 Å². The average Bonchev–Trinajstić information content (AvgIpc) is 3.17. The summed E-state index contributed by atoms with van der Waals surface area (Å²) in [5.41, 5.74) is 3.50. The normalized spacial score (nSPS) is 11.4. The van der Waals surface area contributed by atoms with E-state index < -0.39 is 21.7 Å². The molecule has 0 aliphatic heterocycles. The highest BCUT2D eigenvalue weighted by atomic mass is 32.2. The van der Waals surface area contributed by atoms with Gasteiger partial charge in [-0.3, -0.25) is 9.52 Å². The summed E-state index contributed by atoms with van der Waals surface area (Å²) in [6, 6.07) is 18.8. The van der Waals surface area contributed by atoms with Crippen LogP contribution in [0.2, 0.25) is 0 Å². The third-order valence-corrected chi connectivity index (χ3v) is 5.18. The number of H-pyrrole nitrogens is 1. The number of carbonyl (C=O) groups is 1. The van der Waals surface area contributed by atoms with Crippen molar-refractivity contribution in [2.45, 2.75) is 6.54 Å². The molecule has 158 valence electrons. The minimum Gasteiger partial charge on any atom is -0.348 e. The van der Waals surface area contributed by atoms with E-state index in [2.05, 4.69) is 20.0 Å². The van der Waals surface area contributed by atoms with Crippen molar-refractivity contribution >= 4 is 32.7 Å². The van der Waals surface area contributed by atoms with Crippen LogP contribution in [0.25, 0.3) is 22.4 Å². The summed E-state index contributed by atoms with van der Waals surface area (Å²) in [6.45, 7) is 0.255. The number of aromatic nitrogens is 2. The molecule has 1 amide bonds. The van der Waals surface area contributed by atoms with Gasteiger partial charge < -0.3 is 10.3 Å². The molecule has 0 fully saturated rings. The predicted octanol–water partition coefficient (Wildman–Crippen LogP) is 3.67. The van der Waals surface area contributed by atoms with Gasteiger partial charge in [0.15, 0.2) is 0 Å². The highest BCUT2D eigenvalue weighted by molar-refractivity contribution is 7.92. The van der Waals surface area contributed by atoms with Gasteiger partial charge in [-0.25, -0.2) is 17.8 Å². The molecule has 1 heterocycles. The molecule has 9 heteroatoms. The average molecular weight is 438 g/mol. The first-order valence-corrected chi connectivity index (χ1v) is 11.3. The number of aromatic amines is 1. The van der Waals surface area contributed by atoms with Crippen LogP contribution in [0, 0.1) is 5.82 Å². The fourth-order valence-electron chi connectivity index (χ4n) is 3.10. The summed E-state index contributed by atoms with van der Waals surface area (Å²) in [5.74, 6) is -0.449. The van der Waals surface area contributed by atoms with Crippen molar-refractivity contribution in [3.05, 3.63) is 83.7 Å². The first-order chi connectivity index (χ1) is 14.8. The number of rotatable bonds is 6. The van der Waals surface area contributed by atoms with E-state index in [0.717, 1.165) is 46.4 Å². The van der Waals surface area contributed by atoms with Gasteiger partial charge in [0.1, 0.15) is 11.6 Å². The second-order valence-corrected chi connectivity index (χ2v) is 8.80. The van der Waals surface area contributed by atoms with Crippen molar-refractivity contribution in [2.24, 2.45) is 0 Å². The number of nitrogens with zero attached hydrogens (tertiary/aromatic N) is 1. The maximum Gasteiger partial charge on any atom is 0.251 e. The maximum absolute atomic E-state index is 13.8. The van der Waals surface area contributed by atoms with Crippen LogP contribution >= 0.6 is 0 Å². The van der Waals surface area contributed by atoms with Crippen LogP contribution in [0.15, 0.2) is 66.7 Å². The Morgan fingerprint density at radius 3 is 2.52 bits per heavy atom. The van der Waals surface area contributed by atoms with Gasteiger partial charge in [-0.1, -0.05) is 36.4 Å². The second-order valence-electron chi connectivity index (χ2n) is 7.05. The molecule has 31 heavy (non-hydrogen) atoms. The first-order valence-electron chi connectivity index (χ1n) is 9.38. The third kappa shape index (κ3) is 4.89. The Balaban J connectivity index is 1.43. The van der Waals surface area contributed by atoms with Crippen molar-refractivity contribution in [2.75, 3.05) is 11.0 Å². The number of fused-ring (bicyclic) bond motifs is 1. The number of amides is 1. The highest BCUT2D eigenvalue weighted by Crippen LogP contribution is 2.21. The van der Waals surface area contributed by atoms with Crippen molar-refractivity contribution in [1.82, 2.24) is 15.3 Å². The van der Waals surface area contributed by atoms with E-state index in [4.69, 9.17) is 0 Å². The minimum atomic E-state index is -3.66. The van der Waals surface area contributed by atoms with Crippen LogP contribution in [-0.2, 0) is 16.6 Å². The number of hydrogen-bond donors (Lipinski definition) is 3. The molecule has 0 aliphatic carbocycles. The zero-order chi connectivity index (χ0) is 22.0. The summed E-state index contributed by atoms with van der Waals surface area (Å²) < 4.78 is 38.5. The van der Waals surface area contributed by atoms with Crippen LogP contribution in [0.4, 0.5) is 10.1 Å². The zero-order valence-electron chi connectivity index (χ0n) is 16.5. The zero-order valence-corrected chi connectivity index (χ0v) is 17.3. The van der Waals surface area contributed by atoms with Crippen molar-refractivity contribution in [1.29, 1.82) is 0 Å². The van der Waals surface area contributed by atoms with Crippen molar-refractivity contribution < 1.29 is 17.6 Å². The SMILES string of the molecule is CS(=O)(=O)Nc1cc(C(=O)NCc2ccc(-c3nc4ccccc4[nH]3)cc2)ccc1F. The lowest BCUT2D eigenvalue weighted by molar-refractivity contribution is 0.0951. The van der Waals surface area contributed by atoms with Crippen LogP contribution in [0.3, 0.4) is 0 Å². The lowest BCUT2D eigenvalue weighted by Gasteiger charge is -2.09. The summed E-state index contributed by atoms with van der Waals surface area (Å²) in [6.07, 6.45) is 0.911. The lowest BCUT2D eigenvalue weighted by Crippen LogP contribution is -2.23. The van der Waals surface area contributed by atoms with E-state index in [0.29, 0.717) is 0 Å². The number of nitrogens with one attached hydrogen (secondary N) is 3. The molecule has 0 spiro atoms. The number of benzene rings is 3. The Morgan fingerprint density at radius 1 is 1.06 bits per heavy atom. The van der Waals surface area contributed by atoms with E-state index >= 15 is 0 Å². The third-order valence-electron chi connectivity index (χ3n) is 4.59. The van der Waals surface area contributed by atoms with Crippen LogP contribution in [-0.4, -0.2) is 30.5 Å². The molecule has 4 rings (SSSR count). The van der Waals surface area contributed by atoms with Crippen LogP contribution < -0.4 is 10.0 Å². The quantitative estimate of drug-likeness (QED) is 0.427. The number of hydrogen-bond acceptors (Lipinski definition) is 4. The lowest BCUT2D eigenvalue weighted by atomic mass is 10.1. The van der Waals surface area contributed by atoms with Gasteiger partial charge in [0.2, 0.25) is 10.0 Å². The van der Waals surface area contributed by atoms with Gasteiger partial charge in [0.05, 0.1) is 23.0 Å². The standard InChI is InChI=1S/C22H19FN4O3S/c1-31(29,30)27-20-12-16(10-11-17(20)23)22(28)24-13-14-6-8-15(9-7-14)21-25-18-4-2-3-5-19(18)26-21/h2-12,27H,13H2,1H3,(H,24,28)(H,25,26). The summed E-state index contributed by atoms with van der Waals surface area (Å²) in [7, 11) is -3.66. The molecule has 1 aromatic heterocycles. The van der Waals surface area contributed by atoms with Gasteiger partial charge >= 0.3 is 0 Å². The van der Waals surface area contributed by atoms with E-state index in [1.165, 1.54) is 6.07 Å². The minimum absolute atomic E-state index is 0.145. The molecular weight excluding hydrogens is 419 g/mol. The fourth-order valence-corrected chi connectivity index (χ4v) is 3.65. The van der Waals surface area contributed by atoms with Crippen LogP contribution in [0.1, 0.15) is 15.9 Å². The van der Waals surface area contributed by atoms with Crippen LogP contribution in [0.5, 0.6) is 0 Å². The maximum atomic E-state index is 13.8. The molecule has 0 saturated heterocycles. The van der Waals surface area contributed by atoms with Crippen molar-refractivity contribution in [3.63, 3.8) is 0 Å². The predicted molar refractivity (Wildman–Crippen MR) is 118 cm³/mol. The molecule has 0 unspecified atom stereocenters. The summed E-state index contributed by atoms with van der Waals surface area (Å²) >= 11 is 0. The van der Waals surface area contributed by atoms with Crippen molar-refractivity contribution in [3.8, 4) is 11.4 Å². The van der Waals surface area contributed by atoms with Gasteiger partial charge in [-0.05, 0) is 35.9 Å². The number of carbonyl (C=O) groups excluding carboxylic acids is 1. The second kappa shape index (κ2) is 8.19. The van der Waals surface area contributed by atoms with Gasteiger partial charge in [-0.15, -0.1) is 0 Å². The van der Waals surface area contributed by atoms with E-state index in [9.17, 15) is 17.6 Å². The Hall–Kier alpha value is -3.72. The fraction of sp³-hybridized carbons (Fsp3) is 0.0909. The number of para-hydroxylation sites is 2. The summed E-state index contributed by atoms with van der Waals surface area (Å²) in [5, 5.41) is 2.74. The number of sulfonamides is 1. The smallest absolute Gasteiger partial charge is 0.251 e. The molecule has 4 aromatic rings. The molecule has 3 N–H and O–H groups in total. The number of imidazole rings is 1. The Bertz CT molecular complexity index is 1330. The molecule has 0 saturated carbocycles. The first kappa shape index (κ1) is 20.5. The van der Waals surface area contributed by atoms with Gasteiger partial charge in [-0.2, -0.15) is 0 Å². The summed E-state index contributed by atoms with van der Waals surface area (Å²) in [4.78, 5) is 20.2. The molecule has 0 aliphatic rings. The Kier molecular flexibility index (Phi) is 5.43. The number of anilines is 1. The topological polar surface area (TPSA) is 104 Å². The molecule has 7 nitrogen and oxygen atoms in total. The van der Waals surface area contributed by atoms with E-state index in [1.54, 1.807) is 0 Å². The largest absolute Gasteiger partial charge is 0.348 e. The molecule has 0 atom stereocenters. The Morgan fingerprint density at radius 2 is 1.81 bits per heavy atom. The molecular formula is C22H19FN4O3S. The molecule has 3 aromatic carbocycles. The monoisotopic (exact) mass is 438 g/mol.